The lowest BCUT2D eigenvalue weighted by Crippen LogP contribution is -2.73. The molecular weight excluding hydrogens is 394 g/mol. The number of aromatic nitrogens is 2. The van der Waals surface area contributed by atoms with Gasteiger partial charge < -0.3 is 5.73 Å². The van der Waals surface area contributed by atoms with Gasteiger partial charge in [0.05, 0.1) is 11.4 Å². The topological polar surface area (TPSA) is 97.8 Å². The zero-order valence-electron chi connectivity index (χ0n) is 16.5. The predicted octanol–water partition coefficient (Wildman–Crippen LogP) is 2.66. The largest absolute Gasteiger partial charge is 0.325 e. The SMILES string of the molecule is Cc1ccc(SCc2cc(=O)[nH]c([NH+]=C(N)Nc3cccc4ccccc34)n2)cc1. The van der Waals surface area contributed by atoms with Crippen LogP contribution in [-0.4, -0.2) is 15.9 Å². The lowest BCUT2D eigenvalue weighted by atomic mass is 10.1. The third-order valence-electron chi connectivity index (χ3n) is 4.51. The molecule has 0 aliphatic rings. The number of hydrogen-bond donors (Lipinski definition) is 4. The first-order chi connectivity index (χ1) is 14.6. The number of aromatic amines is 1. The van der Waals surface area contributed by atoms with Gasteiger partial charge in [-0.3, -0.25) is 10.1 Å². The second-order valence-corrected chi connectivity index (χ2v) is 7.93. The van der Waals surface area contributed by atoms with E-state index in [1.54, 1.807) is 11.8 Å². The maximum Gasteiger partial charge on any atom is 0.325 e. The molecule has 0 spiro atoms. The molecule has 30 heavy (non-hydrogen) atoms. The van der Waals surface area contributed by atoms with Crippen molar-refractivity contribution in [1.29, 1.82) is 0 Å². The molecule has 0 atom stereocenters. The molecule has 1 aromatic heterocycles. The minimum atomic E-state index is -0.232. The molecule has 0 unspecified atom stereocenters. The molecule has 0 amide bonds. The number of thioether (sulfide) groups is 1. The Morgan fingerprint density at radius 3 is 2.70 bits per heavy atom. The van der Waals surface area contributed by atoms with Crippen molar-refractivity contribution in [3.63, 3.8) is 0 Å². The minimum Gasteiger partial charge on any atom is -0.322 e. The van der Waals surface area contributed by atoms with Crippen molar-refractivity contribution in [2.45, 2.75) is 17.6 Å². The molecule has 3 aromatic carbocycles. The Morgan fingerprint density at radius 1 is 1.10 bits per heavy atom. The van der Waals surface area contributed by atoms with Crippen molar-refractivity contribution in [1.82, 2.24) is 9.97 Å². The van der Waals surface area contributed by atoms with Gasteiger partial charge in [0.2, 0.25) is 0 Å². The molecule has 1 heterocycles. The summed E-state index contributed by atoms with van der Waals surface area (Å²) < 4.78 is 0. The fraction of sp³-hybridized carbons (Fsp3) is 0.0870. The average molecular weight is 417 g/mol. The average Bonchev–Trinajstić information content (AvgIpc) is 2.73. The van der Waals surface area contributed by atoms with Crippen molar-refractivity contribution in [2.75, 3.05) is 5.32 Å². The van der Waals surface area contributed by atoms with E-state index in [2.05, 4.69) is 51.5 Å². The van der Waals surface area contributed by atoms with E-state index in [1.807, 2.05) is 42.5 Å². The second-order valence-electron chi connectivity index (χ2n) is 6.88. The number of anilines is 1. The third-order valence-corrected chi connectivity index (χ3v) is 5.56. The fourth-order valence-corrected chi connectivity index (χ4v) is 3.86. The molecule has 150 valence electrons. The molecule has 0 fully saturated rings. The molecule has 4 rings (SSSR count). The van der Waals surface area contributed by atoms with Gasteiger partial charge in [0.25, 0.3) is 11.5 Å². The normalized spacial score (nSPS) is 11.6. The Balaban J connectivity index is 1.52. The zero-order valence-corrected chi connectivity index (χ0v) is 17.3. The van der Waals surface area contributed by atoms with Crippen LogP contribution >= 0.6 is 11.8 Å². The van der Waals surface area contributed by atoms with Crippen molar-refractivity contribution >= 4 is 40.1 Å². The molecule has 0 radical (unpaired) electrons. The first-order valence-corrected chi connectivity index (χ1v) is 10.5. The second kappa shape index (κ2) is 8.84. The predicted molar refractivity (Wildman–Crippen MR) is 123 cm³/mol. The quantitative estimate of drug-likeness (QED) is 0.228. The van der Waals surface area contributed by atoms with E-state index < -0.39 is 0 Å². The van der Waals surface area contributed by atoms with Crippen molar-refractivity contribution in [3.05, 3.63) is 94.4 Å². The molecule has 0 aliphatic heterocycles. The molecule has 4 aromatic rings. The number of H-pyrrole nitrogens is 1. The Bertz CT molecular complexity index is 1260. The summed E-state index contributed by atoms with van der Waals surface area (Å²) in [5.74, 6) is 1.16. The summed E-state index contributed by atoms with van der Waals surface area (Å²) in [6.45, 7) is 2.05. The van der Waals surface area contributed by atoms with E-state index in [1.165, 1.54) is 11.6 Å². The van der Waals surface area contributed by atoms with Gasteiger partial charge in [-0.05, 0) is 30.5 Å². The highest BCUT2D eigenvalue weighted by molar-refractivity contribution is 7.98. The van der Waals surface area contributed by atoms with Gasteiger partial charge in [-0.1, -0.05) is 54.1 Å². The van der Waals surface area contributed by atoms with Crippen LogP contribution in [0.2, 0.25) is 0 Å². The summed E-state index contributed by atoms with van der Waals surface area (Å²) in [7, 11) is 0. The smallest absolute Gasteiger partial charge is 0.322 e. The monoisotopic (exact) mass is 416 g/mol. The van der Waals surface area contributed by atoms with Crippen molar-refractivity contribution in [2.24, 2.45) is 5.73 Å². The van der Waals surface area contributed by atoms with Gasteiger partial charge >= 0.3 is 5.95 Å². The van der Waals surface area contributed by atoms with Crippen LogP contribution in [0.1, 0.15) is 11.3 Å². The van der Waals surface area contributed by atoms with E-state index in [0.717, 1.165) is 21.4 Å². The summed E-state index contributed by atoms with van der Waals surface area (Å²) in [4.78, 5) is 23.3. The van der Waals surface area contributed by atoms with E-state index in [9.17, 15) is 4.79 Å². The molecule has 0 saturated carbocycles. The number of nitrogens with two attached hydrogens (primary N) is 1. The summed E-state index contributed by atoms with van der Waals surface area (Å²) in [6, 6.07) is 23.7. The number of aryl methyl sites for hydroxylation is 1. The molecule has 0 bridgehead atoms. The Morgan fingerprint density at radius 2 is 1.87 bits per heavy atom. The van der Waals surface area contributed by atoms with Gasteiger partial charge in [0, 0.05) is 16.3 Å². The van der Waals surface area contributed by atoms with Gasteiger partial charge in [-0.25, -0.2) is 9.98 Å². The van der Waals surface area contributed by atoms with Crippen LogP contribution in [-0.2, 0) is 5.75 Å². The highest BCUT2D eigenvalue weighted by Crippen LogP contribution is 2.23. The van der Waals surface area contributed by atoms with Gasteiger partial charge in [0.1, 0.15) is 5.69 Å². The number of nitrogens with zero attached hydrogens (tertiary/aromatic N) is 1. The first-order valence-electron chi connectivity index (χ1n) is 9.51. The summed E-state index contributed by atoms with van der Waals surface area (Å²) >= 11 is 1.63. The van der Waals surface area contributed by atoms with Crippen LogP contribution in [0.5, 0.6) is 0 Å². The Labute approximate surface area is 178 Å². The molecular formula is C23H22N5OS+. The number of rotatable bonds is 5. The van der Waals surface area contributed by atoms with E-state index in [4.69, 9.17) is 5.73 Å². The number of guanidine groups is 1. The van der Waals surface area contributed by atoms with Crippen molar-refractivity contribution in [3.8, 4) is 0 Å². The van der Waals surface area contributed by atoms with E-state index in [0.29, 0.717) is 17.4 Å². The number of nitrogens with one attached hydrogen (secondary N) is 3. The van der Waals surface area contributed by atoms with Crippen LogP contribution in [0.3, 0.4) is 0 Å². The number of fused-ring (bicyclic) bond motifs is 1. The molecule has 0 aliphatic carbocycles. The molecule has 0 saturated heterocycles. The third kappa shape index (κ3) is 4.87. The fourth-order valence-electron chi connectivity index (χ4n) is 3.07. The maximum absolute atomic E-state index is 12.1. The van der Waals surface area contributed by atoms with Crippen LogP contribution in [0.4, 0.5) is 11.6 Å². The lowest BCUT2D eigenvalue weighted by molar-refractivity contribution is -0.365. The highest BCUT2D eigenvalue weighted by Gasteiger charge is 2.09. The van der Waals surface area contributed by atoms with Gasteiger partial charge in [-0.15, -0.1) is 16.7 Å². The minimum absolute atomic E-state index is 0.232. The number of hydrogen-bond acceptors (Lipinski definition) is 3. The maximum atomic E-state index is 12.1. The first kappa shape index (κ1) is 19.7. The van der Waals surface area contributed by atoms with Gasteiger partial charge in [-0.2, -0.15) is 0 Å². The molecule has 5 N–H and O–H groups in total. The van der Waals surface area contributed by atoms with Crippen LogP contribution < -0.4 is 21.6 Å². The standard InChI is InChI=1S/C23H21N5OS/c1-15-9-11-18(12-10-15)30-14-17-13-21(29)27-23(25-17)28-22(24)26-20-8-4-6-16-5-2-3-7-19(16)20/h2-13H,14H2,1H3,(H4,24,25,26,27,28,29)/p+1. The van der Waals surface area contributed by atoms with Gasteiger partial charge in [0.15, 0.2) is 0 Å². The Kier molecular flexibility index (Phi) is 5.81. The van der Waals surface area contributed by atoms with Crippen LogP contribution in [0.15, 0.2) is 82.5 Å². The summed E-state index contributed by atoms with van der Waals surface area (Å²) in [5.41, 5.74) is 8.65. The summed E-state index contributed by atoms with van der Waals surface area (Å²) in [5, 5.41) is 5.31. The molecule has 7 heteroatoms. The lowest BCUT2D eigenvalue weighted by Gasteiger charge is -2.06. The van der Waals surface area contributed by atoms with E-state index >= 15 is 0 Å². The van der Waals surface area contributed by atoms with Crippen LogP contribution in [0.25, 0.3) is 10.8 Å². The Hall–Kier alpha value is -3.58. The van der Waals surface area contributed by atoms with E-state index in [-0.39, 0.29) is 11.5 Å². The van der Waals surface area contributed by atoms with Crippen LogP contribution in [0, 0.1) is 6.92 Å². The summed E-state index contributed by atoms with van der Waals surface area (Å²) in [6.07, 6.45) is 0. The zero-order chi connectivity index (χ0) is 20.9. The number of benzene rings is 3. The van der Waals surface area contributed by atoms with Crippen molar-refractivity contribution < 1.29 is 4.99 Å². The highest BCUT2D eigenvalue weighted by atomic mass is 32.2. The molecule has 6 nitrogen and oxygen atoms in total.